The van der Waals surface area contributed by atoms with Gasteiger partial charge in [-0.25, -0.2) is 0 Å². The van der Waals surface area contributed by atoms with Gasteiger partial charge in [-0.05, 0) is 36.7 Å². The third-order valence-electron chi connectivity index (χ3n) is 4.10. The highest BCUT2D eigenvalue weighted by Gasteiger charge is 2.31. The van der Waals surface area contributed by atoms with Crippen molar-refractivity contribution in [2.24, 2.45) is 0 Å². The van der Waals surface area contributed by atoms with Crippen LogP contribution in [0.2, 0.25) is 5.02 Å². The lowest BCUT2D eigenvalue weighted by atomic mass is 9.79. The van der Waals surface area contributed by atoms with Crippen LogP contribution < -0.4 is 16.1 Å². The van der Waals surface area contributed by atoms with Gasteiger partial charge in [0.25, 0.3) is 0 Å². The summed E-state index contributed by atoms with van der Waals surface area (Å²) in [7, 11) is -0.950. The third-order valence-corrected chi connectivity index (χ3v) is 4.73. The molecule has 1 fully saturated rings. The Kier molecular flexibility index (Phi) is 4.69. The predicted molar refractivity (Wildman–Crippen MR) is 90.1 cm³/mol. The highest BCUT2D eigenvalue weighted by atomic mass is 35.5. The monoisotopic (exact) mass is 324 g/mol. The quantitative estimate of drug-likeness (QED) is 0.575. The van der Waals surface area contributed by atoms with Crippen molar-refractivity contribution in [1.29, 1.82) is 0 Å². The highest BCUT2D eigenvalue weighted by molar-refractivity contribution is 7.80. The van der Waals surface area contributed by atoms with E-state index in [0.29, 0.717) is 33.9 Å². The minimum absolute atomic E-state index is 0.390. The number of benzene rings is 1. The SMILES string of the molecule is OB1OCc2ccc(NC(=S)NC3CCCCC3)c(Cl)c21. The van der Waals surface area contributed by atoms with Gasteiger partial charge in [0, 0.05) is 11.5 Å². The second-order valence-electron chi connectivity index (χ2n) is 5.60. The van der Waals surface area contributed by atoms with E-state index in [1.54, 1.807) is 0 Å². The lowest BCUT2D eigenvalue weighted by molar-refractivity contribution is 0.275. The van der Waals surface area contributed by atoms with Crippen molar-refractivity contribution in [3.63, 3.8) is 0 Å². The largest absolute Gasteiger partial charge is 0.493 e. The molecule has 1 aromatic carbocycles. The molecule has 7 heteroatoms. The molecular weight excluding hydrogens is 306 g/mol. The molecule has 1 aliphatic heterocycles. The number of hydrogen-bond acceptors (Lipinski definition) is 3. The van der Waals surface area contributed by atoms with Crippen LogP contribution in [0.1, 0.15) is 37.7 Å². The average molecular weight is 325 g/mol. The zero-order valence-electron chi connectivity index (χ0n) is 11.7. The molecule has 1 aliphatic carbocycles. The van der Waals surface area contributed by atoms with E-state index in [0.717, 1.165) is 18.4 Å². The molecular formula is C14H18BClN2O2S. The Labute approximate surface area is 135 Å². The van der Waals surface area contributed by atoms with Crippen LogP contribution in [0, 0.1) is 0 Å². The first kappa shape index (κ1) is 15.1. The predicted octanol–water partition coefficient (Wildman–Crippen LogP) is 2.18. The normalized spacial score (nSPS) is 18.5. The molecule has 0 spiro atoms. The fourth-order valence-electron chi connectivity index (χ4n) is 2.97. The van der Waals surface area contributed by atoms with Crippen molar-refractivity contribution < 1.29 is 9.68 Å². The summed E-state index contributed by atoms with van der Waals surface area (Å²) in [6.07, 6.45) is 6.14. The molecule has 3 rings (SSSR count). The van der Waals surface area contributed by atoms with E-state index < -0.39 is 7.12 Å². The van der Waals surface area contributed by atoms with Gasteiger partial charge >= 0.3 is 7.12 Å². The van der Waals surface area contributed by atoms with Crippen LogP contribution >= 0.6 is 23.8 Å². The van der Waals surface area contributed by atoms with Crippen molar-refractivity contribution in [3.8, 4) is 0 Å². The van der Waals surface area contributed by atoms with Crippen molar-refractivity contribution in [2.75, 3.05) is 5.32 Å². The lowest BCUT2D eigenvalue weighted by Crippen LogP contribution is -2.39. The Balaban J connectivity index is 1.67. The third kappa shape index (κ3) is 3.34. The number of fused-ring (bicyclic) bond motifs is 1. The average Bonchev–Trinajstić information content (AvgIpc) is 2.85. The van der Waals surface area contributed by atoms with E-state index in [1.165, 1.54) is 19.3 Å². The molecule has 0 atom stereocenters. The second kappa shape index (κ2) is 6.52. The Hall–Kier alpha value is -0.815. The molecule has 2 aliphatic rings. The molecule has 112 valence electrons. The van der Waals surface area contributed by atoms with E-state index in [1.807, 2.05) is 12.1 Å². The van der Waals surface area contributed by atoms with Crippen molar-refractivity contribution in [3.05, 3.63) is 22.7 Å². The van der Waals surface area contributed by atoms with Crippen molar-refractivity contribution >= 4 is 47.2 Å². The summed E-state index contributed by atoms with van der Waals surface area (Å²) in [6.45, 7) is 0.390. The topological polar surface area (TPSA) is 53.5 Å². The van der Waals surface area contributed by atoms with Gasteiger partial charge in [0.2, 0.25) is 0 Å². The molecule has 0 unspecified atom stereocenters. The number of halogens is 1. The number of rotatable bonds is 2. The summed E-state index contributed by atoms with van der Waals surface area (Å²) in [4.78, 5) is 0. The second-order valence-corrected chi connectivity index (χ2v) is 6.38. The van der Waals surface area contributed by atoms with Gasteiger partial charge in [-0.3, -0.25) is 0 Å². The number of thiocarbonyl (C=S) groups is 1. The van der Waals surface area contributed by atoms with Crippen LogP contribution in [-0.4, -0.2) is 23.3 Å². The maximum atomic E-state index is 9.80. The summed E-state index contributed by atoms with van der Waals surface area (Å²) < 4.78 is 5.18. The Morgan fingerprint density at radius 3 is 2.86 bits per heavy atom. The van der Waals surface area contributed by atoms with E-state index in [-0.39, 0.29) is 0 Å². The van der Waals surface area contributed by atoms with Crippen LogP contribution in [-0.2, 0) is 11.3 Å². The minimum Gasteiger partial charge on any atom is -0.423 e. The number of nitrogens with one attached hydrogen (secondary N) is 2. The first-order chi connectivity index (χ1) is 10.1. The zero-order valence-corrected chi connectivity index (χ0v) is 13.3. The van der Waals surface area contributed by atoms with Crippen molar-refractivity contribution in [1.82, 2.24) is 5.32 Å². The van der Waals surface area contributed by atoms with Gasteiger partial charge in [0.15, 0.2) is 5.11 Å². The van der Waals surface area contributed by atoms with Gasteiger partial charge in [0.1, 0.15) is 0 Å². The maximum Gasteiger partial charge on any atom is 0.493 e. The van der Waals surface area contributed by atoms with Crippen LogP contribution in [0.3, 0.4) is 0 Å². The van der Waals surface area contributed by atoms with Crippen molar-refractivity contribution in [2.45, 2.75) is 44.8 Å². The van der Waals surface area contributed by atoms with Crippen LogP contribution in [0.25, 0.3) is 0 Å². The highest BCUT2D eigenvalue weighted by Crippen LogP contribution is 2.25. The van der Waals surface area contributed by atoms with Gasteiger partial charge in [-0.2, -0.15) is 0 Å². The Morgan fingerprint density at radius 1 is 1.33 bits per heavy atom. The van der Waals surface area contributed by atoms with Gasteiger partial charge < -0.3 is 20.3 Å². The zero-order chi connectivity index (χ0) is 14.8. The summed E-state index contributed by atoms with van der Waals surface area (Å²) in [5.74, 6) is 0. The Morgan fingerprint density at radius 2 is 2.10 bits per heavy atom. The van der Waals surface area contributed by atoms with Gasteiger partial charge in [-0.1, -0.05) is 36.9 Å². The van der Waals surface area contributed by atoms with Crippen LogP contribution in [0.15, 0.2) is 12.1 Å². The number of anilines is 1. The fourth-order valence-corrected chi connectivity index (χ4v) is 3.57. The molecule has 1 heterocycles. The molecule has 0 aromatic heterocycles. The molecule has 3 N–H and O–H groups in total. The van der Waals surface area contributed by atoms with E-state index in [9.17, 15) is 5.02 Å². The standard InChI is InChI=1S/C14H18BClN2O2S/c16-13-11(7-6-9-8-20-15(19)12(9)13)18-14(21)17-10-4-2-1-3-5-10/h6-7,10,19H,1-5,8H2,(H2,17,18,21). The van der Waals surface area contributed by atoms with E-state index >= 15 is 0 Å². The summed E-state index contributed by atoms with van der Waals surface area (Å²) in [5, 5.41) is 17.3. The first-order valence-electron chi connectivity index (χ1n) is 7.33. The van der Waals surface area contributed by atoms with E-state index in [2.05, 4.69) is 10.6 Å². The maximum absolute atomic E-state index is 9.80. The van der Waals surface area contributed by atoms with Gasteiger partial charge in [-0.15, -0.1) is 0 Å². The number of hydrogen-bond donors (Lipinski definition) is 3. The molecule has 0 radical (unpaired) electrons. The smallest absolute Gasteiger partial charge is 0.423 e. The van der Waals surface area contributed by atoms with Gasteiger partial charge in [0.05, 0.1) is 17.3 Å². The molecule has 0 bridgehead atoms. The lowest BCUT2D eigenvalue weighted by Gasteiger charge is -2.24. The summed E-state index contributed by atoms with van der Waals surface area (Å²) in [6, 6.07) is 4.22. The fraction of sp³-hybridized carbons (Fsp3) is 0.500. The molecule has 1 aromatic rings. The molecule has 21 heavy (non-hydrogen) atoms. The molecule has 0 saturated heterocycles. The Bertz CT molecular complexity index is 552. The molecule has 0 amide bonds. The van der Waals surface area contributed by atoms with E-state index in [4.69, 9.17) is 28.5 Å². The summed E-state index contributed by atoms with van der Waals surface area (Å²) in [5.41, 5.74) is 2.26. The van der Waals surface area contributed by atoms with Crippen LogP contribution in [0.4, 0.5) is 5.69 Å². The molecule has 4 nitrogen and oxygen atoms in total. The molecule has 1 saturated carbocycles. The van der Waals surface area contributed by atoms with Crippen LogP contribution in [0.5, 0.6) is 0 Å². The summed E-state index contributed by atoms with van der Waals surface area (Å²) >= 11 is 11.7. The minimum atomic E-state index is -0.950. The first-order valence-corrected chi connectivity index (χ1v) is 8.12.